The number of ether oxygens (including phenoxy) is 1. The van der Waals surface area contributed by atoms with Crippen LogP contribution in [-0.4, -0.2) is 32.8 Å². The number of hydrogen-bond donors (Lipinski definition) is 2. The van der Waals surface area contributed by atoms with Crippen LogP contribution in [0.4, 0.5) is 0 Å². The molecule has 0 aliphatic heterocycles. The van der Waals surface area contributed by atoms with Gasteiger partial charge in [-0.15, -0.1) is 0 Å². The second-order valence-corrected chi connectivity index (χ2v) is 6.52. The van der Waals surface area contributed by atoms with Crippen LogP contribution in [0.1, 0.15) is 26.7 Å². The molecule has 1 aromatic carbocycles. The van der Waals surface area contributed by atoms with Gasteiger partial charge in [-0.2, -0.15) is 0 Å². The van der Waals surface area contributed by atoms with Gasteiger partial charge in [0.05, 0.1) is 17.6 Å². The molecule has 1 unspecified atom stereocenters. The summed E-state index contributed by atoms with van der Waals surface area (Å²) in [5.41, 5.74) is -1.04. The number of methoxy groups -OCH3 is 1. The summed E-state index contributed by atoms with van der Waals surface area (Å²) < 4.78 is 31.6. The summed E-state index contributed by atoms with van der Waals surface area (Å²) in [6, 6.07) is 6.21. The second kappa shape index (κ2) is 6.36. The van der Waals surface area contributed by atoms with Crippen LogP contribution in [0, 0.1) is 0 Å². The Bertz CT molecular complexity index is 511. The fraction of sp³-hybridized carbons (Fsp3) is 0.538. The molecule has 0 bridgehead atoms. The van der Waals surface area contributed by atoms with E-state index in [1.165, 1.54) is 19.2 Å². The Labute approximate surface area is 114 Å². The SMILES string of the molecule is CCCC(C)(O)CNS(=O)(=O)c1cccc(OC)c1. The molecule has 0 spiro atoms. The molecule has 0 saturated heterocycles. The Morgan fingerprint density at radius 2 is 2.11 bits per heavy atom. The molecule has 0 radical (unpaired) electrons. The minimum absolute atomic E-state index is 0.0135. The Balaban J connectivity index is 2.81. The highest BCUT2D eigenvalue weighted by atomic mass is 32.2. The molecule has 0 amide bonds. The van der Waals surface area contributed by atoms with Gasteiger partial charge >= 0.3 is 0 Å². The van der Waals surface area contributed by atoms with Crippen molar-refractivity contribution < 1.29 is 18.3 Å². The van der Waals surface area contributed by atoms with Gasteiger partial charge in [0.15, 0.2) is 0 Å². The first-order valence-corrected chi connectivity index (χ1v) is 7.65. The summed E-state index contributed by atoms with van der Waals surface area (Å²) in [7, 11) is -2.16. The molecule has 1 aromatic rings. The van der Waals surface area contributed by atoms with Crippen molar-refractivity contribution in [2.75, 3.05) is 13.7 Å². The van der Waals surface area contributed by atoms with Crippen molar-refractivity contribution in [1.29, 1.82) is 0 Å². The topological polar surface area (TPSA) is 75.6 Å². The zero-order valence-corrected chi connectivity index (χ0v) is 12.3. The van der Waals surface area contributed by atoms with E-state index in [9.17, 15) is 13.5 Å². The highest BCUT2D eigenvalue weighted by molar-refractivity contribution is 7.89. The van der Waals surface area contributed by atoms with Crippen LogP contribution < -0.4 is 9.46 Å². The summed E-state index contributed by atoms with van der Waals surface area (Å²) in [6.45, 7) is 3.54. The summed E-state index contributed by atoms with van der Waals surface area (Å²) in [5.74, 6) is 0.475. The number of nitrogens with one attached hydrogen (secondary N) is 1. The molecule has 0 aliphatic rings. The molecular formula is C13H21NO4S. The molecule has 0 fully saturated rings. The van der Waals surface area contributed by atoms with Crippen molar-refractivity contribution in [2.24, 2.45) is 0 Å². The average molecular weight is 287 g/mol. The molecule has 19 heavy (non-hydrogen) atoms. The minimum atomic E-state index is -3.63. The quantitative estimate of drug-likeness (QED) is 0.797. The van der Waals surface area contributed by atoms with Crippen LogP contribution in [0.2, 0.25) is 0 Å². The van der Waals surface area contributed by atoms with E-state index >= 15 is 0 Å². The van der Waals surface area contributed by atoms with E-state index in [-0.39, 0.29) is 11.4 Å². The lowest BCUT2D eigenvalue weighted by molar-refractivity contribution is 0.0554. The number of benzene rings is 1. The van der Waals surface area contributed by atoms with Crippen molar-refractivity contribution in [1.82, 2.24) is 4.72 Å². The smallest absolute Gasteiger partial charge is 0.240 e. The molecule has 1 rings (SSSR count). The van der Waals surface area contributed by atoms with E-state index in [0.717, 1.165) is 6.42 Å². The monoisotopic (exact) mass is 287 g/mol. The van der Waals surface area contributed by atoms with Crippen molar-refractivity contribution in [3.05, 3.63) is 24.3 Å². The molecular weight excluding hydrogens is 266 g/mol. The molecule has 0 saturated carbocycles. The maximum Gasteiger partial charge on any atom is 0.240 e. The third kappa shape index (κ3) is 4.81. The number of aliphatic hydroxyl groups is 1. The Morgan fingerprint density at radius 1 is 1.42 bits per heavy atom. The van der Waals surface area contributed by atoms with E-state index in [2.05, 4.69) is 4.72 Å². The van der Waals surface area contributed by atoms with Gasteiger partial charge in [0.25, 0.3) is 0 Å². The number of hydrogen-bond acceptors (Lipinski definition) is 4. The molecule has 0 heterocycles. The zero-order valence-electron chi connectivity index (χ0n) is 11.5. The van der Waals surface area contributed by atoms with Gasteiger partial charge in [-0.1, -0.05) is 19.4 Å². The Morgan fingerprint density at radius 3 is 2.68 bits per heavy atom. The van der Waals surface area contributed by atoms with Gasteiger partial charge in [-0.3, -0.25) is 0 Å². The first kappa shape index (κ1) is 15.9. The van der Waals surface area contributed by atoms with E-state index in [0.29, 0.717) is 12.2 Å². The molecule has 0 aromatic heterocycles. The molecule has 5 nitrogen and oxygen atoms in total. The van der Waals surface area contributed by atoms with Crippen molar-refractivity contribution in [3.8, 4) is 5.75 Å². The zero-order chi connectivity index (χ0) is 14.5. The molecule has 1 atom stereocenters. The van der Waals surface area contributed by atoms with Gasteiger partial charge in [-0.25, -0.2) is 13.1 Å². The third-order valence-electron chi connectivity index (χ3n) is 2.78. The number of sulfonamides is 1. The maximum absolute atomic E-state index is 12.1. The number of rotatable bonds is 7. The molecule has 6 heteroatoms. The van der Waals surface area contributed by atoms with Crippen molar-refractivity contribution in [2.45, 2.75) is 37.2 Å². The predicted octanol–water partition coefficient (Wildman–Crippen LogP) is 1.52. The van der Waals surface area contributed by atoms with E-state index in [4.69, 9.17) is 4.74 Å². The molecule has 2 N–H and O–H groups in total. The van der Waals surface area contributed by atoms with E-state index < -0.39 is 15.6 Å². The highest BCUT2D eigenvalue weighted by Gasteiger charge is 2.23. The van der Waals surface area contributed by atoms with Gasteiger partial charge < -0.3 is 9.84 Å². The fourth-order valence-electron chi connectivity index (χ4n) is 1.73. The summed E-state index contributed by atoms with van der Waals surface area (Å²) in [5, 5.41) is 9.97. The van der Waals surface area contributed by atoms with Crippen molar-refractivity contribution in [3.63, 3.8) is 0 Å². The Kier molecular flexibility index (Phi) is 5.34. The van der Waals surface area contributed by atoms with E-state index in [1.807, 2.05) is 6.92 Å². The van der Waals surface area contributed by atoms with Gasteiger partial charge in [0.1, 0.15) is 5.75 Å². The van der Waals surface area contributed by atoms with Gasteiger partial charge in [0.2, 0.25) is 10.0 Å². The molecule has 108 valence electrons. The van der Waals surface area contributed by atoms with Crippen molar-refractivity contribution >= 4 is 10.0 Å². The highest BCUT2D eigenvalue weighted by Crippen LogP contribution is 2.18. The van der Waals surface area contributed by atoms with Gasteiger partial charge in [0, 0.05) is 12.6 Å². The summed E-state index contributed by atoms with van der Waals surface area (Å²) in [4.78, 5) is 0.124. The molecule has 0 aliphatic carbocycles. The lowest BCUT2D eigenvalue weighted by Gasteiger charge is -2.22. The largest absolute Gasteiger partial charge is 0.497 e. The van der Waals surface area contributed by atoms with E-state index in [1.54, 1.807) is 19.1 Å². The Hall–Kier alpha value is -1.11. The van der Waals surface area contributed by atoms with Crippen LogP contribution in [0.25, 0.3) is 0 Å². The predicted molar refractivity (Wildman–Crippen MR) is 73.7 cm³/mol. The van der Waals surface area contributed by atoms with Crippen LogP contribution in [0.3, 0.4) is 0 Å². The minimum Gasteiger partial charge on any atom is -0.497 e. The van der Waals surface area contributed by atoms with Crippen LogP contribution in [0.15, 0.2) is 29.2 Å². The second-order valence-electron chi connectivity index (χ2n) is 4.75. The summed E-state index contributed by atoms with van der Waals surface area (Å²) in [6.07, 6.45) is 1.32. The normalized spacial score (nSPS) is 14.9. The first-order valence-electron chi connectivity index (χ1n) is 6.17. The standard InChI is InChI=1S/C13H21NO4S/c1-4-8-13(2,15)10-14-19(16,17)12-7-5-6-11(9-12)18-3/h5-7,9,14-15H,4,8,10H2,1-3H3. The lowest BCUT2D eigenvalue weighted by Crippen LogP contribution is -2.40. The summed E-state index contributed by atoms with van der Waals surface area (Å²) >= 11 is 0. The third-order valence-corrected chi connectivity index (χ3v) is 4.18. The van der Waals surface area contributed by atoms with Crippen LogP contribution >= 0.6 is 0 Å². The van der Waals surface area contributed by atoms with Crippen LogP contribution in [-0.2, 0) is 10.0 Å². The maximum atomic E-state index is 12.1. The van der Waals surface area contributed by atoms with Gasteiger partial charge in [-0.05, 0) is 25.5 Å². The lowest BCUT2D eigenvalue weighted by atomic mass is 10.0. The average Bonchev–Trinajstić information content (AvgIpc) is 2.37. The first-order chi connectivity index (χ1) is 8.80. The fourth-order valence-corrected chi connectivity index (χ4v) is 2.93. The van der Waals surface area contributed by atoms with Crippen LogP contribution in [0.5, 0.6) is 5.75 Å².